The molecule has 0 bridgehead atoms. The van der Waals surface area contributed by atoms with Crippen LogP contribution >= 0.6 is 43.5 Å². The van der Waals surface area contributed by atoms with Crippen LogP contribution in [0.2, 0.25) is 0 Å². The van der Waals surface area contributed by atoms with Crippen LogP contribution in [-0.4, -0.2) is 14.2 Å². The maximum Gasteiger partial charge on any atom is 0.161 e. The Hall–Kier alpha value is -0.710. The van der Waals surface area contributed by atoms with E-state index in [1.807, 2.05) is 36.4 Å². The minimum atomic E-state index is -0.292. The Balaban J connectivity index is 2.50. The van der Waals surface area contributed by atoms with Crippen LogP contribution in [0.5, 0.6) is 11.5 Å². The van der Waals surface area contributed by atoms with E-state index in [-0.39, 0.29) is 5.38 Å². The van der Waals surface area contributed by atoms with Gasteiger partial charge in [-0.25, -0.2) is 0 Å². The van der Waals surface area contributed by atoms with Crippen molar-refractivity contribution in [3.05, 3.63) is 56.5 Å². The largest absolute Gasteiger partial charge is 0.493 e. The van der Waals surface area contributed by atoms with Crippen molar-refractivity contribution in [1.29, 1.82) is 0 Å². The predicted molar refractivity (Wildman–Crippen MR) is 89.1 cm³/mol. The number of hydrogen-bond donors (Lipinski definition) is 0. The van der Waals surface area contributed by atoms with E-state index in [0.717, 1.165) is 20.1 Å². The van der Waals surface area contributed by atoms with Crippen molar-refractivity contribution in [1.82, 2.24) is 0 Å². The van der Waals surface area contributed by atoms with E-state index in [0.29, 0.717) is 11.5 Å². The second-order valence-electron chi connectivity index (χ2n) is 4.11. The lowest BCUT2D eigenvalue weighted by Gasteiger charge is -2.17. The maximum absolute atomic E-state index is 6.61. The van der Waals surface area contributed by atoms with E-state index in [1.165, 1.54) is 0 Å². The highest BCUT2D eigenvalue weighted by molar-refractivity contribution is 9.10. The molecule has 20 heavy (non-hydrogen) atoms. The van der Waals surface area contributed by atoms with Gasteiger partial charge in [0.15, 0.2) is 11.5 Å². The molecule has 2 rings (SSSR count). The normalized spacial score (nSPS) is 12.1. The summed E-state index contributed by atoms with van der Waals surface area (Å²) in [6.07, 6.45) is 0. The van der Waals surface area contributed by atoms with Crippen molar-refractivity contribution in [3.8, 4) is 11.5 Å². The molecule has 0 saturated carbocycles. The van der Waals surface area contributed by atoms with Gasteiger partial charge >= 0.3 is 0 Å². The van der Waals surface area contributed by atoms with Gasteiger partial charge in [0.1, 0.15) is 0 Å². The molecule has 106 valence electrons. The van der Waals surface area contributed by atoms with E-state index in [1.54, 1.807) is 14.2 Å². The zero-order valence-corrected chi connectivity index (χ0v) is 14.9. The van der Waals surface area contributed by atoms with E-state index in [2.05, 4.69) is 31.9 Å². The average Bonchev–Trinajstić information content (AvgIpc) is 2.46. The van der Waals surface area contributed by atoms with Crippen molar-refractivity contribution in [3.63, 3.8) is 0 Å². The highest BCUT2D eigenvalue weighted by Crippen LogP contribution is 2.42. The van der Waals surface area contributed by atoms with Crippen molar-refractivity contribution >= 4 is 43.5 Å². The van der Waals surface area contributed by atoms with Crippen LogP contribution in [-0.2, 0) is 0 Å². The molecule has 2 aromatic carbocycles. The SMILES string of the molecule is COc1cc(Br)c(C(Cl)c2ccccc2Br)cc1OC. The van der Waals surface area contributed by atoms with Gasteiger partial charge < -0.3 is 9.47 Å². The molecule has 2 nitrogen and oxygen atoms in total. The second-order valence-corrected chi connectivity index (χ2v) is 6.26. The predicted octanol–water partition coefficient (Wildman–Crippen LogP) is 5.56. The first-order chi connectivity index (χ1) is 9.58. The number of ether oxygens (including phenoxy) is 2. The highest BCUT2D eigenvalue weighted by atomic mass is 79.9. The molecule has 0 fully saturated rings. The third-order valence-electron chi connectivity index (χ3n) is 2.95. The lowest BCUT2D eigenvalue weighted by molar-refractivity contribution is 0.354. The van der Waals surface area contributed by atoms with E-state index in [9.17, 15) is 0 Å². The van der Waals surface area contributed by atoms with Crippen LogP contribution in [0.25, 0.3) is 0 Å². The lowest BCUT2D eigenvalue weighted by atomic mass is 10.0. The van der Waals surface area contributed by atoms with Gasteiger partial charge in [0.05, 0.1) is 19.6 Å². The molecule has 0 amide bonds. The van der Waals surface area contributed by atoms with E-state index < -0.39 is 0 Å². The molecule has 0 N–H and O–H groups in total. The molecule has 0 aliphatic heterocycles. The lowest BCUT2D eigenvalue weighted by Crippen LogP contribution is -1.99. The summed E-state index contributed by atoms with van der Waals surface area (Å²) in [5, 5.41) is -0.292. The van der Waals surface area contributed by atoms with Gasteiger partial charge in [0.25, 0.3) is 0 Å². The van der Waals surface area contributed by atoms with E-state index >= 15 is 0 Å². The molecule has 1 atom stereocenters. The Morgan fingerprint density at radius 2 is 1.50 bits per heavy atom. The topological polar surface area (TPSA) is 18.5 Å². The fourth-order valence-electron chi connectivity index (χ4n) is 1.91. The number of benzene rings is 2. The second kappa shape index (κ2) is 6.83. The molecule has 0 saturated heterocycles. The van der Waals surface area contributed by atoms with Crippen molar-refractivity contribution in [2.45, 2.75) is 5.38 Å². The summed E-state index contributed by atoms with van der Waals surface area (Å²) in [6.45, 7) is 0. The third kappa shape index (κ3) is 3.13. The summed E-state index contributed by atoms with van der Waals surface area (Å²) in [4.78, 5) is 0. The third-order valence-corrected chi connectivity index (χ3v) is 4.83. The minimum Gasteiger partial charge on any atom is -0.493 e. The Labute approximate surface area is 140 Å². The zero-order valence-electron chi connectivity index (χ0n) is 11.0. The Bertz CT molecular complexity index is 617. The van der Waals surface area contributed by atoms with Crippen LogP contribution in [0, 0.1) is 0 Å². The number of hydrogen-bond acceptors (Lipinski definition) is 2. The molecule has 0 heterocycles. The van der Waals surface area contributed by atoms with Gasteiger partial charge in [-0.3, -0.25) is 0 Å². The average molecular weight is 421 g/mol. The number of methoxy groups -OCH3 is 2. The summed E-state index contributed by atoms with van der Waals surface area (Å²) in [5.41, 5.74) is 1.93. The summed E-state index contributed by atoms with van der Waals surface area (Å²) in [7, 11) is 3.22. The van der Waals surface area contributed by atoms with Gasteiger partial charge in [-0.15, -0.1) is 11.6 Å². The molecular formula is C15H13Br2ClO2. The Morgan fingerprint density at radius 3 is 2.10 bits per heavy atom. The molecule has 0 aliphatic carbocycles. The molecular weight excluding hydrogens is 407 g/mol. The fraction of sp³-hybridized carbons (Fsp3) is 0.200. The smallest absolute Gasteiger partial charge is 0.161 e. The number of halogens is 3. The maximum atomic E-state index is 6.61. The quantitative estimate of drug-likeness (QED) is 0.603. The van der Waals surface area contributed by atoms with Gasteiger partial charge in [-0.05, 0) is 29.3 Å². The molecule has 0 aliphatic rings. The molecule has 0 spiro atoms. The first-order valence-electron chi connectivity index (χ1n) is 5.88. The van der Waals surface area contributed by atoms with Crippen LogP contribution in [0.3, 0.4) is 0 Å². The van der Waals surface area contributed by atoms with Crippen LogP contribution in [0.1, 0.15) is 16.5 Å². The number of rotatable bonds is 4. The van der Waals surface area contributed by atoms with Gasteiger partial charge in [-0.1, -0.05) is 50.1 Å². The van der Waals surface area contributed by atoms with Crippen LogP contribution < -0.4 is 9.47 Å². The molecule has 0 radical (unpaired) electrons. The summed E-state index contributed by atoms with van der Waals surface area (Å²) in [6, 6.07) is 11.6. The zero-order chi connectivity index (χ0) is 14.7. The van der Waals surface area contributed by atoms with E-state index in [4.69, 9.17) is 21.1 Å². The van der Waals surface area contributed by atoms with Crippen molar-refractivity contribution in [2.75, 3.05) is 14.2 Å². The van der Waals surface area contributed by atoms with Gasteiger partial charge in [-0.2, -0.15) is 0 Å². The monoisotopic (exact) mass is 418 g/mol. The number of alkyl halides is 1. The highest BCUT2D eigenvalue weighted by Gasteiger charge is 2.19. The Morgan fingerprint density at radius 1 is 0.900 bits per heavy atom. The molecule has 2 aromatic rings. The summed E-state index contributed by atoms with van der Waals surface area (Å²) < 4.78 is 12.5. The molecule has 1 unspecified atom stereocenters. The summed E-state index contributed by atoms with van der Waals surface area (Å²) in [5.74, 6) is 1.32. The Kier molecular flexibility index (Phi) is 5.35. The van der Waals surface area contributed by atoms with Crippen molar-refractivity contribution in [2.24, 2.45) is 0 Å². The standard InChI is InChI=1S/C15H13Br2ClO2/c1-19-13-7-10(12(17)8-14(13)20-2)15(18)9-5-3-4-6-11(9)16/h3-8,15H,1-2H3. The molecule has 0 aromatic heterocycles. The van der Waals surface area contributed by atoms with Gasteiger partial charge in [0.2, 0.25) is 0 Å². The first-order valence-corrected chi connectivity index (χ1v) is 7.90. The minimum absolute atomic E-state index is 0.292. The van der Waals surface area contributed by atoms with Crippen LogP contribution in [0.4, 0.5) is 0 Å². The summed E-state index contributed by atoms with van der Waals surface area (Å²) >= 11 is 13.7. The fourth-order valence-corrected chi connectivity index (χ4v) is 3.61. The first kappa shape index (κ1) is 15.7. The van der Waals surface area contributed by atoms with Crippen molar-refractivity contribution < 1.29 is 9.47 Å². The van der Waals surface area contributed by atoms with Gasteiger partial charge in [0, 0.05) is 8.95 Å². The molecule has 5 heteroatoms. The van der Waals surface area contributed by atoms with Crippen LogP contribution in [0.15, 0.2) is 45.3 Å².